The Balaban J connectivity index is 0.00000225. The standard InChI is InChI=1S/C17H32N4O2S.HI/c1-3-24(22,23)21-10-8-15(9-11-21)20-17(18-2)19-12-16(13-4-5-13)14-6-7-14;/h13-16H,3-12H2,1-2H3,(H2,18,19,20);1H. The van der Waals surface area contributed by atoms with Gasteiger partial charge in [0.15, 0.2) is 5.96 Å². The molecule has 0 aromatic heterocycles. The molecule has 0 aromatic rings. The Morgan fingerprint density at radius 3 is 2.12 bits per heavy atom. The first kappa shape index (κ1) is 21.2. The van der Waals surface area contributed by atoms with E-state index in [1.807, 2.05) is 7.05 Å². The molecule has 0 atom stereocenters. The van der Waals surface area contributed by atoms with Gasteiger partial charge < -0.3 is 10.6 Å². The highest BCUT2D eigenvalue weighted by Gasteiger charge is 2.41. The summed E-state index contributed by atoms with van der Waals surface area (Å²) in [5, 5.41) is 7.01. The lowest BCUT2D eigenvalue weighted by Gasteiger charge is -2.32. The average Bonchev–Trinajstić information content (AvgIpc) is 3.48. The molecule has 1 saturated heterocycles. The van der Waals surface area contributed by atoms with Crippen LogP contribution in [0.1, 0.15) is 45.4 Å². The molecule has 1 heterocycles. The van der Waals surface area contributed by atoms with Gasteiger partial charge in [0.2, 0.25) is 10.0 Å². The van der Waals surface area contributed by atoms with Crippen LogP contribution in [0, 0.1) is 17.8 Å². The van der Waals surface area contributed by atoms with Crippen molar-refractivity contribution in [1.82, 2.24) is 14.9 Å². The minimum Gasteiger partial charge on any atom is -0.356 e. The highest BCUT2D eigenvalue weighted by Crippen LogP contribution is 2.48. The fourth-order valence-corrected chi connectivity index (χ4v) is 4.96. The molecule has 6 nitrogen and oxygen atoms in total. The van der Waals surface area contributed by atoms with E-state index in [0.717, 1.165) is 43.1 Å². The van der Waals surface area contributed by atoms with Gasteiger partial charge in [-0.25, -0.2) is 12.7 Å². The SMILES string of the molecule is CCS(=O)(=O)N1CCC(NC(=NC)NCC(C2CC2)C2CC2)CC1.I. The number of nitrogens with zero attached hydrogens (tertiary/aromatic N) is 2. The van der Waals surface area contributed by atoms with E-state index in [0.29, 0.717) is 19.1 Å². The Morgan fingerprint density at radius 1 is 1.12 bits per heavy atom. The molecule has 3 aliphatic rings. The summed E-state index contributed by atoms with van der Waals surface area (Å²) in [6.45, 7) is 3.95. The minimum atomic E-state index is -3.05. The number of rotatable bonds is 7. The van der Waals surface area contributed by atoms with Crippen molar-refractivity contribution in [2.45, 2.75) is 51.5 Å². The molecule has 1 aliphatic heterocycles. The molecule has 2 N–H and O–H groups in total. The lowest BCUT2D eigenvalue weighted by Crippen LogP contribution is -2.50. The van der Waals surface area contributed by atoms with Gasteiger partial charge in [0.25, 0.3) is 0 Å². The fraction of sp³-hybridized carbons (Fsp3) is 0.941. The van der Waals surface area contributed by atoms with Crippen molar-refractivity contribution in [3.05, 3.63) is 0 Å². The Morgan fingerprint density at radius 2 is 1.68 bits per heavy atom. The van der Waals surface area contributed by atoms with Crippen LogP contribution in [0.4, 0.5) is 0 Å². The van der Waals surface area contributed by atoms with Crippen molar-refractivity contribution >= 4 is 40.0 Å². The van der Waals surface area contributed by atoms with Crippen LogP contribution in [-0.2, 0) is 10.0 Å². The molecule has 0 spiro atoms. The number of aliphatic imine (C=N–C) groups is 1. The molecule has 3 rings (SSSR count). The fourth-order valence-electron chi connectivity index (χ4n) is 3.83. The number of nitrogens with one attached hydrogen (secondary N) is 2. The van der Waals surface area contributed by atoms with Crippen LogP contribution in [0.2, 0.25) is 0 Å². The van der Waals surface area contributed by atoms with Gasteiger partial charge in [-0.05, 0) is 63.2 Å². The number of hydrogen-bond acceptors (Lipinski definition) is 3. The molecular formula is C17H33IN4O2S. The van der Waals surface area contributed by atoms with Gasteiger partial charge >= 0.3 is 0 Å². The third-order valence-corrected chi connectivity index (χ3v) is 7.62. The molecular weight excluding hydrogens is 451 g/mol. The van der Waals surface area contributed by atoms with Gasteiger partial charge in [-0.1, -0.05) is 0 Å². The highest BCUT2D eigenvalue weighted by molar-refractivity contribution is 14.0. The van der Waals surface area contributed by atoms with E-state index in [4.69, 9.17) is 0 Å². The molecule has 0 unspecified atom stereocenters. The first-order valence-electron chi connectivity index (χ1n) is 9.48. The van der Waals surface area contributed by atoms with Crippen molar-refractivity contribution in [2.24, 2.45) is 22.7 Å². The van der Waals surface area contributed by atoms with Crippen LogP contribution in [0.3, 0.4) is 0 Å². The molecule has 0 radical (unpaired) electrons. The van der Waals surface area contributed by atoms with Crippen LogP contribution >= 0.6 is 24.0 Å². The van der Waals surface area contributed by atoms with Gasteiger partial charge in [-0.2, -0.15) is 0 Å². The summed E-state index contributed by atoms with van der Waals surface area (Å²) in [6, 6.07) is 0.305. The summed E-state index contributed by atoms with van der Waals surface area (Å²) in [6.07, 6.45) is 7.29. The summed E-state index contributed by atoms with van der Waals surface area (Å²) < 4.78 is 25.5. The lowest BCUT2D eigenvalue weighted by molar-refractivity contribution is 0.305. The van der Waals surface area contributed by atoms with Crippen molar-refractivity contribution in [1.29, 1.82) is 0 Å². The highest BCUT2D eigenvalue weighted by atomic mass is 127. The molecule has 2 aliphatic carbocycles. The Bertz CT molecular complexity index is 541. The Kier molecular flexibility index (Phi) is 7.82. The van der Waals surface area contributed by atoms with E-state index in [1.165, 1.54) is 25.7 Å². The van der Waals surface area contributed by atoms with E-state index >= 15 is 0 Å². The van der Waals surface area contributed by atoms with E-state index in [2.05, 4.69) is 15.6 Å². The maximum Gasteiger partial charge on any atom is 0.213 e. The first-order chi connectivity index (χ1) is 11.5. The summed E-state index contributed by atoms with van der Waals surface area (Å²) in [7, 11) is -1.23. The first-order valence-corrected chi connectivity index (χ1v) is 11.1. The summed E-state index contributed by atoms with van der Waals surface area (Å²) in [5.74, 6) is 3.76. The minimum absolute atomic E-state index is 0. The maximum atomic E-state index is 11.9. The third-order valence-electron chi connectivity index (χ3n) is 5.74. The van der Waals surface area contributed by atoms with Crippen molar-refractivity contribution in [3.8, 4) is 0 Å². The zero-order valence-corrected chi connectivity index (χ0v) is 18.6. The van der Waals surface area contributed by atoms with E-state index in [-0.39, 0.29) is 29.7 Å². The van der Waals surface area contributed by atoms with Crippen molar-refractivity contribution in [2.75, 3.05) is 32.4 Å². The van der Waals surface area contributed by atoms with Crippen LogP contribution in [0.25, 0.3) is 0 Å². The second-order valence-corrected chi connectivity index (χ2v) is 9.77. The zero-order valence-electron chi connectivity index (χ0n) is 15.4. The van der Waals surface area contributed by atoms with Crippen LogP contribution in [0.5, 0.6) is 0 Å². The summed E-state index contributed by atoms with van der Waals surface area (Å²) in [4.78, 5) is 4.36. The molecule has 0 amide bonds. The predicted molar refractivity (Wildman–Crippen MR) is 113 cm³/mol. The summed E-state index contributed by atoms with van der Waals surface area (Å²) in [5.41, 5.74) is 0. The van der Waals surface area contributed by atoms with Crippen molar-refractivity contribution in [3.63, 3.8) is 0 Å². The molecule has 0 aromatic carbocycles. The Hall–Kier alpha value is -0.0900. The second kappa shape index (κ2) is 9.21. The van der Waals surface area contributed by atoms with E-state index < -0.39 is 10.0 Å². The molecule has 8 heteroatoms. The van der Waals surface area contributed by atoms with Gasteiger partial charge in [0.05, 0.1) is 5.75 Å². The quantitative estimate of drug-likeness (QED) is 0.330. The number of hydrogen-bond donors (Lipinski definition) is 2. The van der Waals surface area contributed by atoms with Crippen LogP contribution in [-0.4, -0.2) is 57.2 Å². The van der Waals surface area contributed by atoms with Crippen LogP contribution in [0.15, 0.2) is 4.99 Å². The number of sulfonamides is 1. The molecule has 2 saturated carbocycles. The monoisotopic (exact) mass is 484 g/mol. The molecule has 3 fully saturated rings. The third kappa shape index (κ3) is 5.95. The second-order valence-electron chi connectivity index (χ2n) is 7.51. The lowest BCUT2D eigenvalue weighted by atomic mass is 9.98. The number of piperidine rings is 1. The zero-order chi connectivity index (χ0) is 17.2. The average molecular weight is 484 g/mol. The van der Waals surface area contributed by atoms with Crippen molar-refractivity contribution < 1.29 is 8.42 Å². The Labute approximate surface area is 169 Å². The molecule has 0 bridgehead atoms. The van der Waals surface area contributed by atoms with Gasteiger partial charge in [0, 0.05) is 32.7 Å². The van der Waals surface area contributed by atoms with E-state index in [9.17, 15) is 8.42 Å². The van der Waals surface area contributed by atoms with Gasteiger partial charge in [-0.15, -0.1) is 24.0 Å². The maximum absolute atomic E-state index is 11.9. The normalized spacial score (nSPS) is 23.4. The number of guanidine groups is 1. The number of halogens is 1. The topological polar surface area (TPSA) is 73.8 Å². The van der Waals surface area contributed by atoms with Gasteiger partial charge in [0.1, 0.15) is 0 Å². The largest absolute Gasteiger partial charge is 0.356 e. The predicted octanol–water partition coefficient (Wildman–Crippen LogP) is 2.02. The van der Waals surface area contributed by atoms with Gasteiger partial charge in [-0.3, -0.25) is 4.99 Å². The summed E-state index contributed by atoms with van der Waals surface area (Å²) >= 11 is 0. The molecule has 146 valence electrons. The van der Waals surface area contributed by atoms with Crippen LogP contribution < -0.4 is 10.6 Å². The molecule has 25 heavy (non-hydrogen) atoms. The smallest absolute Gasteiger partial charge is 0.213 e. The van der Waals surface area contributed by atoms with E-state index in [1.54, 1.807) is 11.2 Å².